The zero-order chi connectivity index (χ0) is 21.3. The summed E-state index contributed by atoms with van der Waals surface area (Å²) in [6, 6.07) is 9.76. The molecule has 1 aromatic carbocycles. The Morgan fingerprint density at radius 1 is 1.13 bits per heavy atom. The average Bonchev–Trinajstić information content (AvgIpc) is 3.13. The largest absolute Gasteiger partial charge is 0.450 e. The van der Waals surface area contributed by atoms with Crippen molar-refractivity contribution in [2.24, 2.45) is 7.05 Å². The zero-order valence-corrected chi connectivity index (χ0v) is 17.0. The molecule has 0 saturated carbocycles. The first-order chi connectivity index (χ1) is 14.5. The number of nitrogens with one attached hydrogen (secondary N) is 1. The van der Waals surface area contributed by atoms with Crippen molar-refractivity contribution >= 4 is 23.2 Å². The summed E-state index contributed by atoms with van der Waals surface area (Å²) in [6.07, 6.45) is -0.325. The number of aryl methyl sites for hydroxylation is 1. The third-order valence-corrected chi connectivity index (χ3v) is 5.26. The minimum Gasteiger partial charge on any atom is -0.450 e. The summed E-state index contributed by atoms with van der Waals surface area (Å²) in [5, 5.41) is 0. The average molecular weight is 412 g/mol. The van der Waals surface area contributed by atoms with Crippen LogP contribution >= 0.6 is 0 Å². The quantitative estimate of drug-likeness (QED) is 0.678. The van der Waals surface area contributed by atoms with Crippen molar-refractivity contribution in [2.45, 2.75) is 13.5 Å². The number of aromatic amines is 1. The Balaban J connectivity index is 1.74. The van der Waals surface area contributed by atoms with Gasteiger partial charge < -0.3 is 14.5 Å². The summed E-state index contributed by atoms with van der Waals surface area (Å²) in [4.78, 5) is 47.4. The smallest absolute Gasteiger partial charge is 0.409 e. The van der Waals surface area contributed by atoms with Gasteiger partial charge in [-0.05, 0) is 12.5 Å². The molecule has 10 nitrogen and oxygen atoms in total. The van der Waals surface area contributed by atoms with E-state index in [4.69, 9.17) is 4.74 Å². The molecule has 1 aliphatic rings. The molecule has 0 spiro atoms. The van der Waals surface area contributed by atoms with Gasteiger partial charge in [0.05, 0.1) is 13.2 Å². The van der Waals surface area contributed by atoms with Crippen LogP contribution in [0.3, 0.4) is 0 Å². The Labute approximate surface area is 172 Å². The van der Waals surface area contributed by atoms with Gasteiger partial charge in [-0.3, -0.25) is 18.9 Å². The number of piperazine rings is 1. The van der Waals surface area contributed by atoms with Crippen LogP contribution in [0.15, 0.2) is 39.9 Å². The molecule has 158 valence electrons. The minimum absolute atomic E-state index is 0.325. The summed E-state index contributed by atoms with van der Waals surface area (Å²) in [7, 11) is 1.59. The summed E-state index contributed by atoms with van der Waals surface area (Å²) in [6.45, 7) is 4.62. The first kappa shape index (κ1) is 19.7. The van der Waals surface area contributed by atoms with Crippen molar-refractivity contribution in [3.63, 3.8) is 0 Å². The number of hydrogen-bond acceptors (Lipinski definition) is 6. The lowest BCUT2D eigenvalue weighted by Gasteiger charge is -2.34. The van der Waals surface area contributed by atoms with E-state index < -0.39 is 11.2 Å². The topological polar surface area (TPSA) is 105 Å². The number of ether oxygens (including phenoxy) is 1. The number of hydrogen-bond donors (Lipinski definition) is 1. The number of fused-ring (bicyclic) bond motifs is 1. The lowest BCUT2D eigenvalue weighted by atomic mass is 10.2. The third-order valence-electron chi connectivity index (χ3n) is 5.26. The number of amides is 1. The van der Waals surface area contributed by atoms with Gasteiger partial charge in [-0.2, -0.15) is 4.98 Å². The van der Waals surface area contributed by atoms with Crippen molar-refractivity contribution in [3.8, 4) is 0 Å². The second kappa shape index (κ2) is 8.05. The number of carbonyl (C=O) groups excluding carboxylic acids is 1. The van der Waals surface area contributed by atoms with Crippen LogP contribution in [0.5, 0.6) is 0 Å². The SMILES string of the molecule is CCOC(=O)N1CCN(c2nc3c(c(=O)[nH]c(=O)n3C)n2Cc2ccccc2)CC1. The van der Waals surface area contributed by atoms with Crippen LogP contribution in [-0.4, -0.2) is 62.9 Å². The molecule has 30 heavy (non-hydrogen) atoms. The Morgan fingerprint density at radius 3 is 2.50 bits per heavy atom. The predicted molar refractivity (Wildman–Crippen MR) is 112 cm³/mol. The van der Waals surface area contributed by atoms with E-state index >= 15 is 0 Å². The van der Waals surface area contributed by atoms with Crippen LogP contribution < -0.4 is 16.1 Å². The van der Waals surface area contributed by atoms with Gasteiger partial charge in [0, 0.05) is 33.2 Å². The molecule has 4 rings (SSSR count). The molecular formula is C20H24N6O4. The lowest BCUT2D eigenvalue weighted by molar-refractivity contribution is 0.105. The summed E-state index contributed by atoms with van der Waals surface area (Å²) in [5.74, 6) is 0.601. The van der Waals surface area contributed by atoms with Crippen LogP contribution in [0.25, 0.3) is 11.2 Å². The van der Waals surface area contributed by atoms with Gasteiger partial charge in [0.25, 0.3) is 5.56 Å². The van der Waals surface area contributed by atoms with Crippen LogP contribution in [0.1, 0.15) is 12.5 Å². The monoisotopic (exact) mass is 412 g/mol. The van der Waals surface area contributed by atoms with Gasteiger partial charge in [0.2, 0.25) is 5.95 Å². The standard InChI is InChI=1S/C20H24N6O4/c1-3-30-20(29)25-11-9-24(10-12-25)18-21-16-15(17(27)22-19(28)23(16)2)26(18)13-14-7-5-4-6-8-14/h4-8H,3,9-13H2,1-2H3,(H,22,27,28). The van der Waals surface area contributed by atoms with E-state index in [1.807, 2.05) is 39.8 Å². The van der Waals surface area contributed by atoms with Gasteiger partial charge in [-0.25, -0.2) is 9.59 Å². The molecule has 2 aromatic heterocycles. The molecule has 1 N–H and O–H groups in total. The molecule has 10 heteroatoms. The summed E-state index contributed by atoms with van der Waals surface area (Å²) < 4.78 is 8.26. The third kappa shape index (κ3) is 3.56. The van der Waals surface area contributed by atoms with E-state index in [0.717, 1.165) is 5.56 Å². The van der Waals surface area contributed by atoms with Crippen molar-refractivity contribution in [3.05, 3.63) is 56.7 Å². The van der Waals surface area contributed by atoms with Crippen LogP contribution in [0.4, 0.5) is 10.7 Å². The number of imidazole rings is 1. The van der Waals surface area contributed by atoms with Gasteiger partial charge >= 0.3 is 11.8 Å². The number of aromatic nitrogens is 4. The molecule has 1 fully saturated rings. The molecule has 1 saturated heterocycles. The molecule has 0 aliphatic carbocycles. The zero-order valence-electron chi connectivity index (χ0n) is 17.0. The number of anilines is 1. The second-order valence-corrected chi connectivity index (χ2v) is 7.15. The van der Waals surface area contributed by atoms with Gasteiger partial charge in [-0.1, -0.05) is 30.3 Å². The number of rotatable bonds is 4. The highest BCUT2D eigenvalue weighted by Gasteiger charge is 2.27. The molecule has 3 aromatic rings. The number of H-pyrrole nitrogens is 1. The first-order valence-electron chi connectivity index (χ1n) is 9.89. The van der Waals surface area contributed by atoms with E-state index in [-0.39, 0.29) is 6.09 Å². The fraction of sp³-hybridized carbons (Fsp3) is 0.400. The molecule has 0 atom stereocenters. The van der Waals surface area contributed by atoms with Gasteiger partial charge in [0.1, 0.15) is 0 Å². The Kier molecular flexibility index (Phi) is 5.30. The normalized spacial score (nSPS) is 14.3. The summed E-state index contributed by atoms with van der Waals surface area (Å²) >= 11 is 0. The maximum absolute atomic E-state index is 12.7. The highest BCUT2D eigenvalue weighted by molar-refractivity contribution is 5.75. The Hall–Kier alpha value is -3.56. The highest BCUT2D eigenvalue weighted by Crippen LogP contribution is 2.22. The van der Waals surface area contributed by atoms with E-state index in [9.17, 15) is 14.4 Å². The predicted octanol–water partition coefficient (Wildman–Crippen LogP) is 0.750. The minimum atomic E-state index is -0.504. The number of benzene rings is 1. The number of nitrogens with zero attached hydrogens (tertiary/aromatic N) is 5. The van der Waals surface area contributed by atoms with E-state index in [2.05, 4.69) is 9.97 Å². The molecular weight excluding hydrogens is 388 g/mol. The fourth-order valence-electron chi connectivity index (χ4n) is 3.68. The van der Waals surface area contributed by atoms with E-state index in [0.29, 0.717) is 56.4 Å². The highest BCUT2D eigenvalue weighted by atomic mass is 16.6. The maximum Gasteiger partial charge on any atom is 0.409 e. The molecule has 0 unspecified atom stereocenters. The van der Waals surface area contributed by atoms with Crippen LogP contribution in [0.2, 0.25) is 0 Å². The maximum atomic E-state index is 12.7. The van der Waals surface area contributed by atoms with Gasteiger partial charge in [0.15, 0.2) is 11.2 Å². The molecule has 3 heterocycles. The lowest BCUT2D eigenvalue weighted by Crippen LogP contribution is -2.49. The molecule has 1 aliphatic heterocycles. The fourth-order valence-corrected chi connectivity index (χ4v) is 3.68. The second-order valence-electron chi connectivity index (χ2n) is 7.15. The van der Waals surface area contributed by atoms with Crippen molar-refractivity contribution in [1.82, 2.24) is 24.0 Å². The van der Waals surface area contributed by atoms with Crippen molar-refractivity contribution in [2.75, 3.05) is 37.7 Å². The number of carbonyl (C=O) groups is 1. The molecule has 1 amide bonds. The molecule has 0 radical (unpaired) electrons. The first-order valence-corrected chi connectivity index (χ1v) is 9.89. The molecule has 0 bridgehead atoms. The van der Waals surface area contributed by atoms with Crippen LogP contribution in [0, 0.1) is 0 Å². The Bertz CT molecular complexity index is 1170. The van der Waals surface area contributed by atoms with Crippen molar-refractivity contribution < 1.29 is 9.53 Å². The van der Waals surface area contributed by atoms with Gasteiger partial charge in [-0.15, -0.1) is 0 Å². The Morgan fingerprint density at radius 2 is 1.83 bits per heavy atom. The van der Waals surface area contributed by atoms with E-state index in [1.54, 1.807) is 18.9 Å². The summed E-state index contributed by atoms with van der Waals surface area (Å²) in [5.41, 5.74) is 0.728. The van der Waals surface area contributed by atoms with E-state index in [1.165, 1.54) is 4.57 Å². The van der Waals surface area contributed by atoms with Crippen LogP contribution in [-0.2, 0) is 18.3 Å². The van der Waals surface area contributed by atoms with Crippen molar-refractivity contribution in [1.29, 1.82) is 0 Å².